The Bertz CT molecular complexity index is 461. The van der Waals surface area contributed by atoms with Crippen molar-refractivity contribution in [2.45, 2.75) is 18.9 Å². The molecule has 0 spiro atoms. The summed E-state index contributed by atoms with van der Waals surface area (Å²) in [6, 6.07) is 5.65. The first-order chi connectivity index (χ1) is 10.3. The van der Waals surface area contributed by atoms with Crippen molar-refractivity contribution >= 4 is 0 Å². The third-order valence-corrected chi connectivity index (χ3v) is 4.09. The zero-order chi connectivity index (χ0) is 14.5. The predicted molar refractivity (Wildman–Crippen MR) is 80.9 cm³/mol. The summed E-state index contributed by atoms with van der Waals surface area (Å²) in [4.78, 5) is 2.46. The molecule has 0 amide bonds. The SMILES string of the molecule is OC(CNCCN1CCCC1)c1ccc2c(c1)OCCO2. The molecule has 2 aliphatic rings. The molecule has 2 aliphatic heterocycles. The zero-order valence-electron chi connectivity index (χ0n) is 12.4. The van der Waals surface area contributed by atoms with E-state index < -0.39 is 6.10 Å². The Morgan fingerprint density at radius 3 is 2.71 bits per heavy atom. The van der Waals surface area contributed by atoms with Crippen LogP contribution < -0.4 is 14.8 Å². The molecule has 1 aromatic rings. The highest BCUT2D eigenvalue weighted by atomic mass is 16.6. The van der Waals surface area contributed by atoms with Gasteiger partial charge in [0.2, 0.25) is 0 Å². The predicted octanol–water partition coefficient (Wildman–Crippen LogP) is 1.18. The van der Waals surface area contributed by atoms with Crippen molar-refractivity contribution < 1.29 is 14.6 Å². The molecule has 1 unspecified atom stereocenters. The first-order valence-corrected chi connectivity index (χ1v) is 7.83. The molecule has 116 valence electrons. The van der Waals surface area contributed by atoms with Gasteiger partial charge in [0.15, 0.2) is 11.5 Å². The summed E-state index contributed by atoms with van der Waals surface area (Å²) in [5.41, 5.74) is 0.868. The molecule has 5 nitrogen and oxygen atoms in total. The number of rotatable bonds is 6. The highest BCUT2D eigenvalue weighted by Crippen LogP contribution is 2.32. The lowest BCUT2D eigenvalue weighted by Crippen LogP contribution is -2.32. The van der Waals surface area contributed by atoms with Crippen LogP contribution in [-0.2, 0) is 0 Å². The van der Waals surface area contributed by atoms with Gasteiger partial charge in [-0.25, -0.2) is 0 Å². The summed E-state index contributed by atoms with van der Waals surface area (Å²) in [6.07, 6.45) is 2.12. The van der Waals surface area contributed by atoms with E-state index in [2.05, 4.69) is 10.2 Å². The monoisotopic (exact) mass is 292 g/mol. The molecule has 1 atom stereocenters. The smallest absolute Gasteiger partial charge is 0.161 e. The second kappa shape index (κ2) is 7.11. The van der Waals surface area contributed by atoms with Gasteiger partial charge in [0.25, 0.3) is 0 Å². The quantitative estimate of drug-likeness (QED) is 0.771. The fraction of sp³-hybridized carbons (Fsp3) is 0.625. The summed E-state index contributed by atoms with van der Waals surface area (Å²) in [5, 5.41) is 13.6. The largest absolute Gasteiger partial charge is 0.486 e. The molecule has 1 saturated heterocycles. The minimum absolute atomic E-state index is 0.514. The third kappa shape index (κ3) is 3.87. The number of ether oxygens (including phenoxy) is 2. The van der Waals surface area contributed by atoms with Gasteiger partial charge >= 0.3 is 0 Å². The minimum Gasteiger partial charge on any atom is -0.486 e. The van der Waals surface area contributed by atoms with Gasteiger partial charge in [-0.15, -0.1) is 0 Å². The van der Waals surface area contributed by atoms with Crippen LogP contribution >= 0.6 is 0 Å². The normalized spacial score (nSPS) is 19.7. The van der Waals surface area contributed by atoms with Crippen molar-refractivity contribution in [3.05, 3.63) is 23.8 Å². The Balaban J connectivity index is 1.45. The van der Waals surface area contributed by atoms with Crippen molar-refractivity contribution in [2.24, 2.45) is 0 Å². The van der Waals surface area contributed by atoms with Gasteiger partial charge in [0.1, 0.15) is 13.2 Å². The molecule has 1 aromatic carbocycles. The van der Waals surface area contributed by atoms with Crippen LogP contribution in [0.2, 0.25) is 0 Å². The maximum absolute atomic E-state index is 10.2. The van der Waals surface area contributed by atoms with Crippen molar-refractivity contribution in [3.8, 4) is 11.5 Å². The molecule has 0 saturated carbocycles. The molecular weight excluding hydrogens is 268 g/mol. The van der Waals surface area contributed by atoms with E-state index in [9.17, 15) is 5.11 Å². The van der Waals surface area contributed by atoms with Crippen LogP contribution in [0.5, 0.6) is 11.5 Å². The number of nitrogens with one attached hydrogen (secondary N) is 1. The standard InChI is InChI=1S/C16H24N2O3/c19-14(12-17-5-8-18-6-1-2-7-18)13-3-4-15-16(11-13)21-10-9-20-15/h3-4,11,14,17,19H,1-2,5-10,12H2. The Morgan fingerprint density at radius 1 is 1.14 bits per heavy atom. The number of nitrogens with zero attached hydrogens (tertiary/aromatic N) is 1. The van der Waals surface area contributed by atoms with Gasteiger partial charge in [-0.3, -0.25) is 0 Å². The molecule has 0 aromatic heterocycles. The molecule has 1 fully saturated rings. The Labute approximate surface area is 125 Å². The summed E-state index contributed by atoms with van der Waals surface area (Å²) in [5.74, 6) is 1.49. The van der Waals surface area contributed by atoms with E-state index in [1.165, 1.54) is 25.9 Å². The maximum atomic E-state index is 10.2. The molecule has 0 radical (unpaired) electrons. The highest BCUT2D eigenvalue weighted by molar-refractivity contribution is 5.44. The van der Waals surface area contributed by atoms with E-state index in [0.29, 0.717) is 19.8 Å². The molecule has 21 heavy (non-hydrogen) atoms. The van der Waals surface area contributed by atoms with Gasteiger partial charge < -0.3 is 24.8 Å². The summed E-state index contributed by atoms with van der Waals surface area (Å²) < 4.78 is 11.0. The number of aliphatic hydroxyl groups excluding tert-OH is 1. The van der Waals surface area contributed by atoms with Crippen LogP contribution in [0.1, 0.15) is 24.5 Å². The van der Waals surface area contributed by atoms with Crippen LogP contribution in [0.25, 0.3) is 0 Å². The van der Waals surface area contributed by atoms with E-state index >= 15 is 0 Å². The lowest BCUT2D eigenvalue weighted by molar-refractivity contribution is 0.162. The third-order valence-electron chi connectivity index (χ3n) is 4.09. The maximum Gasteiger partial charge on any atom is 0.161 e. The van der Waals surface area contributed by atoms with Gasteiger partial charge in [-0.05, 0) is 43.6 Å². The van der Waals surface area contributed by atoms with Crippen molar-refractivity contribution in [3.63, 3.8) is 0 Å². The topological polar surface area (TPSA) is 54.0 Å². The van der Waals surface area contributed by atoms with Gasteiger partial charge in [-0.1, -0.05) is 6.07 Å². The van der Waals surface area contributed by atoms with Crippen molar-refractivity contribution in [1.29, 1.82) is 0 Å². The fourth-order valence-corrected chi connectivity index (χ4v) is 2.87. The summed E-state index contributed by atoms with van der Waals surface area (Å²) in [7, 11) is 0. The Kier molecular flexibility index (Phi) is 4.95. The minimum atomic E-state index is -0.514. The number of hydrogen-bond acceptors (Lipinski definition) is 5. The van der Waals surface area contributed by atoms with E-state index in [0.717, 1.165) is 30.2 Å². The van der Waals surface area contributed by atoms with Crippen LogP contribution in [0.3, 0.4) is 0 Å². The van der Waals surface area contributed by atoms with Crippen LogP contribution in [-0.4, -0.2) is 55.9 Å². The molecule has 5 heteroatoms. The highest BCUT2D eigenvalue weighted by Gasteiger charge is 2.15. The summed E-state index contributed by atoms with van der Waals surface area (Å²) >= 11 is 0. The molecule has 0 bridgehead atoms. The number of aliphatic hydroxyl groups is 1. The molecule has 0 aliphatic carbocycles. The van der Waals surface area contributed by atoms with Crippen LogP contribution in [0.4, 0.5) is 0 Å². The number of hydrogen-bond donors (Lipinski definition) is 2. The summed E-state index contributed by atoms with van der Waals surface area (Å²) in [6.45, 7) is 6.13. The Morgan fingerprint density at radius 2 is 1.90 bits per heavy atom. The van der Waals surface area contributed by atoms with E-state index in [1.807, 2.05) is 18.2 Å². The second-order valence-corrected chi connectivity index (χ2v) is 5.67. The van der Waals surface area contributed by atoms with Crippen LogP contribution in [0, 0.1) is 0 Å². The molecular formula is C16H24N2O3. The second-order valence-electron chi connectivity index (χ2n) is 5.67. The van der Waals surface area contributed by atoms with E-state index in [1.54, 1.807) is 0 Å². The lowest BCUT2D eigenvalue weighted by atomic mass is 10.1. The first kappa shape index (κ1) is 14.6. The molecule has 3 rings (SSSR count). The number of likely N-dealkylation sites (tertiary alicyclic amines) is 1. The van der Waals surface area contributed by atoms with E-state index in [-0.39, 0.29) is 0 Å². The lowest BCUT2D eigenvalue weighted by Gasteiger charge is -2.20. The van der Waals surface area contributed by atoms with Crippen molar-refractivity contribution in [1.82, 2.24) is 10.2 Å². The number of benzene rings is 1. The Hall–Kier alpha value is -1.30. The van der Waals surface area contributed by atoms with Gasteiger partial charge in [0.05, 0.1) is 6.10 Å². The van der Waals surface area contributed by atoms with Gasteiger partial charge in [-0.2, -0.15) is 0 Å². The zero-order valence-corrected chi connectivity index (χ0v) is 12.4. The average molecular weight is 292 g/mol. The average Bonchev–Trinajstić information content (AvgIpc) is 3.04. The van der Waals surface area contributed by atoms with E-state index in [4.69, 9.17) is 9.47 Å². The van der Waals surface area contributed by atoms with Crippen LogP contribution in [0.15, 0.2) is 18.2 Å². The number of fused-ring (bicyclic) bond motifs is 1. The van der Waals surface area contributed by atoms with Crippen molar-refractivity contribution in [2.75, 3.05) is 45.9 Å². The first-order valence-electron chi connectivity index (χ1n) is 7.83. The fourth-order valence-electron chi connectivity index (χ4n) is 2.87. The molecule has 2 heterocycles. The van der Waals surface area contributed by atoms with Gasteiger partial charge in [0, 0.05) is 19.6 Å². The molecule has 2 N–H and O–H groups in total.